The molecule has 0 unspecified atom stereocenters. The SMILES string of the molecule is C=CCCCCCCCP(Br)(c1ccccc1)(c1ccccc1)c1ccccc1. The number of hydrogen-bond donors (Lipinski definition) is 0. The number of hydrogen-bond acceptors (Lipinski definition) is 0. The van der Waals surface area contributed by atoms with E-state index in [2.05, 4.69) is 113 Å². The third kappa shape index (κ3) is 4.73. The fraction of sp³-hybridized carbons (Fsp3) is 0.259. The van der Waals surface area contributed by atoms with Crippen molar-refractivity contribution >= 4 is 36.7 Å². The summed E-state index contributed by atoms with van der Waals surface area (Å²) < 4.78 is 0. The molecule has 29 heavy (non-hydrogen) atoms. The zero-order valence-corrected chi connectivity index (χ0v) is 19.7. The number of rotatable bonds is 11. The van der Waals surface area contributed by atoms with E-state index in [4.69, 9.17) is 0 Å². The van der Waals surface area contributed by atoms with Crippen LogP contribution in [0.25, 0.3) is 0 Å². The van der Waals surface area contributed by atoms with Crippen molar-refractivity contribution in [3.63, 3.8) is 0 Å². The fourth-order valence-corrected chi connectivity index (χ4v) is 12.0. The average molecular weight is 467 g/mol. The minimum atomic E-state index is -2.71. The number of halogens is 1. The van der Waals surface area contributed by atoms with Crippen LogP contribution in [0.1, 0.15) is 38.5 Å². The predicted molar refractivity (Wildman–Crippen MR) is 137 cm³/mol. The molecule has 0 aliphatic heterocycles. The molecule has 0 aliphatic rings. The molecule has 0 heterocycles. The molecule has 0 N–H and O–H groups in total. The van der Waals surface area contributed by atoms with Gasteiger partial charge in [0.15, 0.2) is 0 Å². The van der Waals surface area contributed by atoms with Crippen molar-refractivity contribution < 1.29 is 0 Å². The summed E-state index contributed by atoms with van der Waals surface area (Å²) in [6.07, 6.45) is 10.7. The summed E-state index contributed by atoms with van der Waals surface area (Å²) in [5, 5.41) is 1.54. The van der Waals surface area contributed by atoms with Crippen LogP contribution in [0.3, 0.4) is 0 Å². The number of benzene rings is 3. The van der Waals surface area contributed by atoms with Gasteiger partial charge in [-0.15, -0.1) is 0 Å². The van der Waals surface area contributed by atoms with E-state index in [0.29, 0.717) is 0 Å². The van der Waals surface area contributed by atoms with Crippen LogP contribution in [0.4, 0.5) is 0 Å². The monoisotopic (exact) mass is 466 g/mol. The summed E-state index contributed by atoms with van der Waals surface area (Å²) in [5.74, 6) is 0. The summed E-state index contributed by atoms with van der Waals surface area (Å²) in [6, 6.07) is 33.3. The molecule has 2 heteroatoms. The Morgan fingerprint density at radius 3 is 1.38 bits per heavy atom. The molecule has 152 valence electrons. The first kappa shape index (κ1) is 22.0. The molecule has 0 atom stereocenters. The van der Waals surface area contributed by atoms with Crippen molar-refractivity contribution in [2.75, 3.05) is 6.16 Å². The summed E-state index contributed by atoms with van der Waals surface area (Å²) in [6.45, 7) is 3.84. The maximum absolute atomic E-state index is 4.53. The first-order valence-electron chi connectivity index (χ1n) is 10.7. The van der Waals surface area contributed by atoms with Gasteiger partial charge in [-0.25, -0.2) is 0 Å². The van der Waals surface area contributed by atoms with Gasteiger partial charge in [0.25, 0.3) is 0 Å². The maximum atomic E-state index is 4.53. The van der Waals surface area contributed by atoms with E-state index in [0.717, 1.165) is 12.6 Å². The van der Waals surface area contributed by atoms with Gasteiger partial charge in [0.1, 0.15) is 0 Å². The van der Waals surface area contributed by atoms with Crippen molar-refractivity contribution in [2.24, 2.45) is 0 Å². The van der Waals surface area contributed by atoms with Crippen LogP contribution in [0.2, 0.25) is 0 Å². The minimum absolute atomic E-state index is 1.13. The van der Waals surface area contributed by atoms with Gasteiger partial charge in [0.2, 0.25) is 0 Å². The van der Waals surface area contributed by atoms with Gasteiger partial charge in [-0.05, 0) is 0 Å². The van der Waals surface area contributed by atoms with Gasteiger partial charge < -0.3 is 0 Å². The molecule has 3 aromatic rings. The molecule has 0 bridgehead atoms. The molecule has 0 amide bonds. The van der Waals surface area contributed by atoms with Crippen LogP contribution in [-0.4, -0.2) is 6.16 Å². The average Bonchev–Trinajstić information content (AvgIpc) is 2.80. The molecule has 0 saturated carbocycles. The zero-order valence-electron chi connectivity index (χ0n) is 17.2. The second-order valence-electron chi connectivity index (χ2n) is 7.76. The van der Waals surface area contributed by atoms with E-state index in [1.807, 2.05) is 6.08 Å². The van der Waals surface area contributed by atoms with Crippen LogP contribution in [0.15, 0.2) is 104 Å². The molecule has 3 rings (SSSR count). The first-order chi connectivity index (χ1) is 14.2. The fourth-order valence-electron chi connectivity index (χ4n) is 4.28. The van der Waals surface area contributed by atoms with E-state index in [1.54, 1.807) is 0 Å². The normalized spacial score (nSPS) is 12.8. The Morgan fingerprint density at radius 2 is 0.966 bits per heavy atom. The van der Waals surface area contributed by atoms with Crippen LogP contribution in [0.5, 0.6) is 0 Å². The molecule has 0 radical (unpaired) electrons. The Balaban J connectivity index is 2.01. The summed E-state index contributed by atoms with van der Waals surface area (Å²) in [4.78, 5) is 0. The number of allylic oxidation sites excluding steroid dienone is 1. The number of unbranched alkanes of at least 4 members (excludes halogenated alkanes) is 5. The van der Waals surface area contributed by atoms with Crippen LogP contribution in [0, 0.1) is 0 Å². The summed E-state index contributed by atoms with van der Waals surface area (Å²) in [7, 11) is 0. The third-order valence-corrected chi connectivity index (χ3v) is 15.9. The Kier molecular flexibility index (Phi) is 7.87. The third-order valence-electron chi connectivity index (χ3n) is 5.87. The summed E-state index contributed by atoms with van der Waals surface area (Å²) in [5.41, 5.74) is 0. The Bertz CT molecular complexity index is 775. The Morgan fingerprint density at radius 1 is 0.586 bits per heavy atom. The van der Waals surface area contributed by atoms with Gasteiger partial charge in [-0.3, -0.25) is 0 Å². The molecule has 0 aromatic heterocycles. The second-order valence-corrected chi connectivity index (χ2v) is 16.8. The molecule has 3 aromatic carbocycles. The Hall–Kier alpha value is -1.69. The van der Waals surface area contributed by atoms with Crippen LogP contribution >= 0.6 is 20.8 Å². The van der Waals surface area contributed by atoms with Gasteiger partial charge in [0.05, 0.1) is 0 Å². The van der Waals surface area contributed by atoms with Crippen molar-refractivity contribution in [1.29, 1.82) is 0 Å². The molecule has 0 aliphatic carbocycles. The van der Waals surface area contributed by atoms with E-state index < -0.39 is 5.31 Å². The van der Waals surface area contributed by atoms with Gasteiger partial charge in [-0.1, -0.05) is 0 Å². The topological polar surface area (TPSA) is 0 Å². The quantitative estimate of drug-likeness (QED) is 0.157. The molecule has 0 spiro atoms. The molecular weight excluding hydrogens is 435 g/mol. The van der Waals surface area contributed by atoms with Gasteiger partial charge >= 0.3 is 185 Å². The van der Waals surface area contributed by atoms with Crippen molar-refractivity contribution in [3.8, 4) is 0 Å². The van der Waals surface area contributed by atoms with E-state index in [9.17, 15) is 0 Å². The summed E-state index contributed by atoms with van der Waals surface area (Å²) >= 11 is 4.53. The van der Waals surface area contributed by atoms with E-state index in [1.165, 1.54) is 48.0 Å². The van der Waals surface area contributed by atoms with E-state index >= 15 is 0 Å². The molecule has 0 nitrogen and oxygen atoms in total. The predicted octanol–water partition coefficient (Wildman–Crippen LogP) is 7.35. The van der Waals surface area contributed by atoms with Crippen LogP contribution < -0.4 is 15.9 Å². The molecule has 0 fully saturated rings. The van der Waals surface area contributed by atoms with Gasteiger partial charge in [0, 0.05) is 0 Å². The second kappa shape index (κ2) is 10.4. The molecular formula is C27H32BrP. The molecule has 0 saturated heterocycles. The Labute approximate surface area is 184 Å². The van der Waals surface area contributed by atoms with Crippen molar-refractivity contribution in [1.82, 2.24) is 0 Å². The first-order valence-corrected chi connectivity index (χ1v) is 15.1. The standard InChI is InChI=1S/C27H32BrP/c1-2-3-4-5-6-7-17-24-29(28,25-18-11-8-12-19-25,26-20-13-9-14-21-26)27-22-15-10-16-23-27/h2,8-16,18-23H,1,3-7,17,24H2. The van der Waals surface area contributed by atoms with E-state index in [-0.39, 0.29) is 0 Å². The zero-order chi connectivity index (χ0) is 20.4. The van der Waals surface area contributed by atoms with Crippen molar-refractivity contribution in [2.45, 2.75) is 38.5 Å². The van der Waals surface area contributed by atoms with Crippen molar-refractivity contribution in [3.05, 3.63) is 104 Å². The van der Waals surface area contributed by atoms with Gasteiger partial charge in [-0.2, -0.15) is 0 Å². The van der Waals surface area contributed by atoms with Crippen LogP contribution in [-0.2, 0) is 0 Å².